The lowest BCUT2D eigenvalue weighted by Crippen LogP contribution is -2.15. The van der Waals surface area contributed by atoms with E-state index in [-0.39, 0.29) is 0 Å². The Morgan fingerprint density at radius 1 is 1.00 bits per heavy atom. The second-order valence-electron chi connectivity index (χ2n) is 4.29. The van der Waals surface area contributed by atoms with Crippen molar-refractivity contribution in [3.63, 3.8) is 0 Å². The molecule has 0 unspecified atom stereocenters. The first-order chi connectivity index (χ1) is 8.25. The zero-order chi connectivity index (χ0) is 12.5. The van der Waals surface area contributed by atoms with Crippen molar-refractivity contribution >= 4 is 23.2 Å². The van der Waals surface area contributed by atoms with Gasteiger partial charge in [-0.05, 0) is 25.1 Å². The molecule has 1 nitrogen and oxygen atoms in total. The molecule has 0 radical (unpaired) electrons. The smallest absolute Gasteiger partial charge is 0.0465 e. The number of unbranched alkanes of at least 4 members (excludes halogenated alkanes) is 4. The van der Waals surface area contributed by atoms with E-state index >= 15 is 0 Å². The third-order valence-corrected chi connectivity index (χ3v) is 3.53. The van der Waals surface area contributed by atoms with Gasteiger partial charge in [-0.2, -0.15) is 0 Å². The Kier molecular flexibility index (Phi) is 7.67. The van der Waals surface area contributed by atoms with Crippen LogP contribution < -0.4 is 5.32 Å². The molecule has 0 saturated carbocycles. The van der Waals surface area contributed by atoms with Gasteiger partial charge in [0.05, 0.1) is 0 Å². The van der Waals surface area contributed by atoms with Gasteiger partial charge in [0.25, 0.3) is 0 Å². The molecule has 0 aliphatic heterocycles. The monoisotopic (exact) mass is 273 g/mol. The molecular weight excluding hydrogens is 253 g/mol. The molecular formula is C14H21Cl2N. The van der Waals surface area contributed by atoms with Crippen LogP contribution in [0.5, 0.6) is 0 Å². The van der Waals surface area contributed by atoms with Gasteiger partial charge in [0.2, 0.25) is 0 Å². The average molecular weight is 274 g/mol. The van der Waals surface area contributed by atoms with Gasteiger partial charge in [0.1, 0.15) is 0 Å². The van der Waals surface area contributed by atoms with Crippen LogP contribution in [0.25, 0.3) is 0 Å². The summed E-state index contributed by atoms with van der Waals surface area (Å²) in [5.41, 5.74) is 1.00. The number of hydrogen-bond acceptors (Lipinski definition) is 1. The van der Waals surface area contributed by atoms with Crippen molar-refractivity contribution in [2.24, 2.45) is 0 Å². The summed E-state index contributed by atoms with van der Waals surface area (Å²) in [5, 5.41) is 4.88. The molecule has 0 bridgehead atoms. The highest BCUT2D eigenvalue weighted by molar-refractivity contribution is 6.35. The number of rotatable bonds is 8. The Morgan fingerprint density at radius 3 is 2.29 bits per heavy atom. The van der Waals surface area contributed by atoms with Gasteiger partial charge in [-0.3, -0.25) is 0 Å². The molecule has 0 aliphatic carbocycles. The van der Waals surface area contributed by atoms with E-state index < -0.39 is 0 Å². The van der Waals surface area contributed by atoms with E-state index in [1.54, 1.807) is 0 Å². The maximum absolute atomic E-state index is 6.09. The van der Waals surface area contributed by atoms with Crippen LogP contribution in [-0.2, 0) is 6.54 Å². The number of halogens is 2. The maximum atomic E-state index is 6.09. The number of hydrogen-bond donors (Lipinski definition) is 1. The van der Waals surface area contributed by atoms with Crippen molar-refractivity contribution in [1.82, 2.24) is 5.32 Å². The molecule has 1 rings (SSSR count). The highest BCUT2D eigenvalue weighted by Gasteiger charge is 2.03. The highest BCUT2D eigenvalue weighted by atomic mass is 35.5. The van der Waals surface area contributed by atoms with Crippen LogP contribution in [0.2, 0.25) is 10.0 Å². The van der Waals surface area contributed by atoms with Crippen LogP contribution in [0.4, 0.5) is 0 Å². The fourth-order valence-corrected chi connectivity index (χ4v) is 2.30. The minimum absolute atomic E-state index is 0.746. The van der Waals surface area contributed by atoms with Gasteiger partial charge in [-0.25, -0.2) is 0 Å². The Balaban J connectivity index is 2.18. The lowest BCUT2D eigenvalue weighted by Gasteiger charge is -2.08. The van der Waals surface area contributed by atoms with Crippen molar-refractivity contribution in [2.75, 3.05) is 6.54 Å². The highest BCUT2D eigenvalue weighted by Crippen LogP contribution is 2.23. The van der Waals surface area contributed by atoms with Crippen molar-refractivity contribution in [3.8, 4) is 0 Å². The zero-order valence-electron chi connectivity index (χ0n) is 10.4. The fraction of sp³-hybridized carbons (Fsp3) is 0.571. The molecule has 0 aromatic heterocycles. The second-order valence-corrected chi connectivity index (χ2v) is 5.11. The molecule has 3 heteroatoms. The van der Waals surface area contributed by atoms with Gasteiger partial charge in [0, 0.05) is 22.2 Å². The largest absolute Gasteiger partial charge is 0.313 e. The summed E-state index contributed by atoms with van der Waals surface area (Å²) < 4.78 is 0. The van der Waals surface area contributed by atoms with Crippen molar-refractivity contribution < 1.29 is 0 Å². The first-order valence-corrected chi connectivity index (χ1v) is 7.15. The van der Waals surface area contributed by atoms with Crippen molar-refractivity contribution in [3.05, 3.63) is 33.8 Å². The van der Waals surface area contributed by atoms with Crippen LogP contribution in [0.1, 0.15) is 44.6 Å². The Bertz CT molecular complexity index is 306. The van der Waals surface area contributed by atoms with E-state index in [0.29, 0.717) is 0 Å². The van der Waals surface area contributed by atoms with Gasteiger partial charge in [0.15, 0.2) is 0 Å². The Morgan fingerprint density at radius 2 is 1.65 bits per heavy atom. The Labute approximate surface area is 115 Å². The van der Waals surface area contributed by atoms with Crippen LogP contribution >= 0.6 is 23.2 Å². The van der Waals surface area contributed by atoms with E-state index in [9.17, 15) is 0 Å². The third kappa shape index (κ3) is 5.76. The fourth-order valence-electron chi connectivity index (χ4n) is 1.77. The summed E-state index contributed by atoms with van der Waals surface area (Å²) in [6, 6.07) is 5.64. The summed E-state index contributed by atoms with van der Waals surface area (Å²) in [5.74, 6) is 0. The van der Waals surface area contributed by atoms with Crippen LogP contribution in [-0.4, -0.2) is 6.54 Å². The van der Waals surface area contributed by atoms with Gasteiger partial charge in [-0.1, -0.05) is 61.9 Å². The van der Waals surface area contributed by atoms with E-state index in [4.69, 9.17) is 23.2 Å². The molecule has 0 heterocycles. The molecule has 17 heavy (non-hydrogen) atoms. The first-order valence-electron chi connectivity index (χ1n) is 6.39. The zero-order valence-corrected chi connectivity index (χ0v) is 11.9. The van der Waals surface area contributed by atoms with Crippen LogP contribution in [0, 0.1) is 0 Å². The van der Waals surface area contributed by atoms with E-state index in [1.807, 2.05) is 18.2 Å². The SMILES string of the molecule is CCCCCCCNCc1c(Cl)cccc1Cl. The lowest BCUT2D eigenvalue weighted by molar-refractivity contribution is 0.583. The minimum atomic E-state index is 0.746. The molecule has 0 spiro atoms. The summed E-state index contributed by atoms with van der Waals surface area (Å²) in [6.07, 6.45) is 6.50. The van der Waals surface area contributed by atoms with Crippen molar-refractivity contribution in [2.45, 2.75) is 45.6 Å². The number of nitrogens with one attached hydrogen (secondary N) is 1. The molecule has 1 N–H and O–H groups in total. The predicted molar refractivity (Wildman–Crippen MR) is 76.9 cm³/mol. The first kappa shape index (κ1) is 14.8. The van der Waals surface area contributed by atoms with E-state index in [2.05, 4.69) is 12.2 Å². The minimum Gasteiger partial charge on any atom is -0.313 e. The van der Waals surface area contributed by atoms with E-state index in [1.165, 1.54) is 32.1 Å². The molecule has 0 saturated heterocycles. The van der Waals surface area contributed by atoms with Gasteiger partial charge < -0.3 is 5.32 Å². The van der Waals surface area contributed by atoms with E-state index in [0.717, 1.165) is 28.7 Å². The second kappa shape index (κ2) is 8.79. The topological polar surface area (TPSA) is 12.0 Å². The maximum Gasteiger partial charge on any atom is 0.0465 e. The summed E-state index contributed by atoms with van der Waals surface area (Å²) in [7, 11) is 0. The average Bonchev–Trinajstić information content (AvgIpc) is 2.31. The number of benzene rings is 1. The summed E-state index contributed by atoms with van der Waals surface area (Å²) >= 11 is 12.2. The molecule has 1 aromatic rings. The molecule has 1 aromatic carbocycles. The van der Waals surface area contributed by atoms with Crippen LogP contribution in [0.3, 0.4) is 0 Å². The molecule has 0 fully saturated rings. The summed E-state index contributed by atoms with van der Waals surface area (Å²) in [6.45, 7) is 4.02. The molecule has 0 amide bonds. The third-order valence-electron chi connectivity index (χ3n) is 2.82. The van der Waals surface area contributed by atoms with Crippen molar-refractivity contribution in [1.29, 1.82) is 0 Å². The van der Waals surface area contributed by atoms with Gasteiger partial charge >= 0.3 is 0 Å². The Hall–Kier alpha value is -0.240. The normalized spacial score (nSPS) is 10.8. The standard InChI is InChI=1S/C14H21Cl2N/c1-2-3-4-5-6-10-17-11-12-13(15)8-7-9-14(12)16/h7-9,17H,2-6,10-11H2,1H3. The summed E-state index contributed by atoms with van der Waals surface area (Å²) in [4.78, 5) is 0. The molecule has 96 valence electrons. The van der Waals surface area contributed by atoms with Gasteiger partial charge in [-0.15, -0.1) is 0 Å². The molecule has 0 aliphatic rings. The van der Waals surface area contributed by atoms with Crippen LogP contribution in [0.15, 0.2) is 18.2 Å². The predicted octanol–water partition coefficient (Wildman–Crippen LogP) is 5.05. The lowest BCUT2D eigenvalue weighted by atomic mass is 10.1. The molecule has 0 atom stereocenters. The quantitative estimate of drug-likeness (QED) is 0.654.